The van der Waals surface area contributed by atoms with Gasteiger partial charge in [-0.1, -0.05) is 17.3 Å². The highest BCUT2D eigenvalue weighted by Gasteiger charge is 2.14. The topological polar surface area (TPSA) is 43.9 Å². The molecule has 1 aromatic carbocycles. The summed E-state index contributed by atoms with van der Waals surface area (Å²) in [5, 5.41) is 5.06. The summed E-state index contributed by atoms with van der Waals surface area (Å²) >= 11 is 0. The van der Waals surface area contributed by atoms with Crippen LogP contribution in [0.4, 0.5) is 4.39 Å². The number of aromatic nitrogens is 3. The lowest BCUT2D eigenvalue weighted by atomic mass is 10.1. The first-order valence-corrected chi connectivity index (χ1v) is 7.75. The van der Waals surface area contributed by atoms with Crippen LogP contribution in [0.15, 0.2) is 53.2 Å². The first-order valence-electron chi connectivity index (χ1n) is 7.75. The number of halogens is 1. The van der Waals surface area contributed by atoms with Gasteiger partial charge in [0.05, 0.1) is 17.0 Å². The van der Waals surface area contributed by atoms with Crippen molar-refractivity contribution in [2.45, 2.75) is 20.4 Å². The lowest BCUT2D eigenvalue weighted by molar-refractivity contribution is 0.393. The number of pyridine rings is 1. The Labute approximate surface area is 138 Å². The third-order valence-electron chi connectivity index (χ3n) is 4.17. The van der Waals surface area contributed by atoms with E-state index in [0.29, 0.717) is 6.54 Å². The first kappa shape index (κ1) is 14.6. The molecule has 0 unspecified atom stereocenters. The molecule has 24 heavy (non-hydrogen) atoms. The van der Waals surface area contributed by atoms with Crippen molar-refractivity contribution in [1.82, 2.24) is 14.7 Å². The average Bonchev–Trinajstić information content (AvgIpc) is 3.13. The predicted octanol–water partition coefficient (Wildman–Crippen LogP) is 4.50. The number of fused-ring (bicyclic) bond motifs is 1. The van der Waals surface area contributed by atoms with Crippen LogP contribution in [0.1, 0.15) is 17.0 Å². The summed E-state index contributed by atoms with van der Waals surface area (Å²) in [5.41, 5.74) is 4.52. The minimum atomic E-state index is -0.227. The number of hydrogen-bond donors (Lipinski definition) is 0. The average molecular weight is 321 g/mol. The molecule has 0 saturated carbocycles. The molecule has 0 aliphatic carbocycles. The van der Waals surface area contributed by atoms with Crippen LogP contribution in [-0.2, 0) is 6.54 Å². The summed E-state index contributed by atoms with van der Waals surface area (Å²) < 4.78 is 20.4. The standard InChI is InChI=1S/C19H16FN3O/c1-12-18(13(2)24-22-12)17-8-5-15-9-10-23(19(15)21-17)11-14-3-6-16(20)7-4-14/h3-10H,11H2,1-2H3. The molecular formula is C19H16FN3O. The maximum absolute atomic E-state index is 13.1. The van der Waals surface area contributed by atoms with Gasteiger partial charge < -0.3 is 9.09 Å². The summed E-state index contributed by atoms with van der Waals surface area (Å²) in [4.78, 5) is 4.80. The number of nitrogens with zero attached hydrogens (tertiary/aromatic N) is 3. The van der Waals surface area contributed by atoms with Crippen molar-refractivity contribution >= 4 is 11.0 Å². The van der Waals surface area contributed by atoms with Crippen LogP contribution in [0.5, 0.6) is 0 Å². The quantitative estimate of drug-likeness (QED) is 0.558. The van der Waals surface area contributed by atoms with Gasteiger partial charge in [0.1, 0.15) is 17.2 Å². The molecule has 4 rings (SSSR count). The smallest absolute Gasteiger partial charge is 0.143 e. The van der Waals surface area contributed by atoms with Crippen molar-refractivity contribution in [1.29, 1.82) is 0 Å². The van der Waals surface area contributed by atoms with E-state index < -0.39 is 0 Å². The van der Waals surface area contributed by atoms with Gasteiger partial charge in [0, 0.05) is 18.1 Å². The first-order chi connectivity index (χ1) is 11.6. The molecule has 5 heteroatoms. The van der Waals surface area contributed by atoms with Crippen molar-refractivity contribution in [3.63, 3.8) is 0 Å². The summed E-state index contributed by atoms with van der Waals surface area (Å²) in [6, 6.07) is 12.6. The van der Waals surface area contributed by atoms with Crippen molar-refractivity contribution in [3.05, 3.63) is 71.5 Å². The van der Waals surface area contributed by atoms with Gasteiger partial charge in [-0.25, -0.2) is 9.37 Å². The van der Waals surface area contributed by atoms with Crippen LogP contribution < -0.4 is 0 Å². The highest BCUT2D eigenvalue weighted by Crippen LogP contribution is 2.27. The number of rotatable bonds is 3. The number of aryl methyl sites for hydroxylation is 2. The van der Waals surface area contributed by atoms with Gasteiger partial charge in [-0.05, 0) is 49.7 Å². The van der Waals surface area contributed by atoms with Crippen LogP contribution in [-0.4, -0.2) is 14.7 Å². The molecule has 0 radical (unpaired) electrons. The molecule has 4 nitrogen and oxygen atoms in total. The van der Waals surface area contributed by atoms with E-state index in [2.05, 4.69) is 9.72 Å². The maximum Gasteiger partial charge on any atom is 0.143 e. The zero-order chi connectivity index (χ0) is 16.7. The second kappa shape index (κ2) is 5.60. The lowest BCUT2D eigenvalue weighted by Gasteiger charge is -2.07. The molecule has 0 amide bonds. The van der Waals surface area contributed by atoms with Gasteiger partial charge in [-0.2, -0.15) is 0 Å². The van der Waals surface area contributed by atoms with Gasteiger partial charge in [0.15, 0.2) is 0 Å². The van der Waals surface area contributed by atoms with E-state index in [4.69, 9.17) is 9.51 Å². The molecular weight excluding hydrogens is 305 g/mol. The molecule has 0 fully saturated rings. The van der Waals surface area contributed by atoms with Gasteiger partial charge >= 0.3 is 0 Å². The lowest BCUT2D eigenvalue weighted by Crippen LogP contribution is -2.00. The monoisotopic (exact) mass is 321 g/mol. The van der Waals surface area contributed by atoms with E-state index in [1.165, 1.54) is 12.1 Å². The minimum Gasteiger partial charge on any atom is -0.361 e. The Balaban J connectivity index is 1.77. The molecule has 0 bridgehead atoms. The zero-order valence-electron chi connectivity index (χ0n) is 13.5. The van der Waals surface area contributed by atoms with E-state index in [1.54, 1.807) is 12.1 Å². The Morgan fingerprint density at radius 1 is 1.04 bits per heavy atom. The van der Waals surface area contributed by atoms with Crippen molar-refractivity contribution in [2.75, 3.05) is 0 Å². The van der Waals surface area contributed by atoms with E-state index in [9.17, 15) is 4.39 Å². The van der Waals surface area contributed by atoms with Crippen LogP contribution >= 0.6 is 0 Å². The van der Waals surface area contributed by atoms with E-state index in [1.807, 2.05) is 38.2 Å². The molecule has 3 heterocycles. The molecule has 0 aliphatic rings. The minimum absolute atomic E-state index is 0.227. The molecule has 120 valence electrons. The Morgan fingerprint density at radius 3 is 2.54 bits per heavy atom. The van der Waals surface area contributed by atoms with Crippen LogP contribution in [0.3, 0.4) is 0 Å². The fourth-order valence-electron chi connectivity index (χ4n) is 2.96. The molecule has 0 N–H and O–H groups in total. The van der Waals surface area contributed by atoms with Gasteiger partial charge in [0.2, 0.25) is 0 Å². The number of benzene rings is 1. The van der Waals surface area contributed by atoms with E-state index in [0.717, 1.165) is 39.3 Å². The van der Waals surface area contributed by atoms with Crippen LogP contribution in [0.2, 0.25) is 0 Å². The third kappa shape index (κ3) is 2.48. The maximum atomic E-state index is 13.1. The predicted molar refractivity (Wildman–Crippen MR) is 90.2 cm³/mol. The van der Waals surface area contributed by atoms with Crippen LogP contribution in [0, 0.1) is 19.7 Å². The Bertz CT molecular complexity index is 995. The van der Waals surface area contributed by atoms with Crippen molar-refractivity contribution in [3.8, 4) is 11.3 Å². The molecule has 3 aromatic heterocycles. The summed E-state index contributed by atoms with van der Waals surface area (Å²) in [5.74, 6) is 0.533. The third-order valence-corrected chi connectivity index (χ3v) is 4.17. The van der Waals surface area contributed by atoms with Crippen LogP contribution in [0.25, 0.3) is 22.3 Å². The Kier molecular flexibility index (Phi) is 3.41. The van der Waals surface area contributed by atoms with E-state index in [-0.39, 0.29) is 5.82 Å². The zero-order valence-corrected chi connectivity index (χ0v) is 13.5. The van der Waals surface area contributed by atoms with Crippen molar-refractivity contribution < 1.29 is 8.91 Å². The molecule has 4 aromatic rings. The number of hydrogen-bond acceptors (Lipinski definition) is 3. The summed E-state index contributed by atoms with van der Waals surface area (Å²) in [7, 11) is 0. The largest absolute Gasteiger partial charge is 0.361 e. The van der Waals surface area contributed by atoms with Crippen molar-refractivity contribution in [2.24, 2.45) is 0 Å². The second-order valence-corrected chi connectivity index (χ2v) is 5.88. The summed E-state index contributed by atoms with van der Waals surface area (Å²) in [6.45, 7) is 4.44. The summed E-state index contributed by atoms with van der Waals surface area (Å²) in [6.07, 6.45) is 2.00. The SMILES string of the molecule is Cc1noc(C)c1-c1ccc2ccn(Cc3ccc(F)cc3)c2n1. The normalized spacial score (nSPS) is 11.3. The Morgan fingerprint density at radius 2 is 1.83 bits per heavy atom. The van der Waals surface area contributed by atoms with Gasteiger partial charge in [0.25, 0.3) is 0 Å². The molecule has 0 saturated heterocycles. The fourth-order valence-corrected chi connectivity index (χ4v) is 2.96. The fraction of sp³-hybridized carbons (Fsp3) is 0.158. The van der Waals surface area contributed by atoms with Gasteiger partial charge in [-0.15, -0.1) is 0 Å². The van der Waals surface area contributed by atoms with E-state index >= 15 is 0 Å². The second-order valence-electron chi connectivity index (χ2n) is 5.88. The van der Waals surface area contributed by atoms with Gasteiger partial charge in [-0.3, -0.25) is 0 Å². The Hall–Kier alpha value is -2.95. The highest BCUT2D eigenvalue weighted by atomic mass is 19.1. The molecule has 0 aliphatic heterocycles. The molecule has 0 spiro atoms. The highest BCUT2D eigenvalue weighted by molar-refractivity contribution is 5.80. The molecule has 0 atom stereocenters.